The quantitative estimate of drug-likeness (QED) is 0.550. The third-order valence-electron chi connectivity index (χ3n) is 4.55. The number of amides is 1. The average molecular weight is 344 g/mol. The van der Waals surface area contributed by atoms with Gasteiger partial charge in [0.05, 0.1) is 18.2 Å². The topological polar surface area (TPSA) is 85.2 Å². The third-order valence-corrected chi connectivity index (χ3v) is 4.55. The Balaban J connectivity index is 2.11. The molecule has 0 spiro atoms. The van der Waals surface area contributed by atoms with Crippen LogP contribution < -0.4 is 10.5 Å². The van der Waals surface area contributed by atoms with Crippen molar-refractivity contribution in [1.82, 2.24) is 4.98 Å². The lowest BCUT2D eigenvalue weighted by Crippen LogP contribution is -2.11. The van der Waals surface area contributed by atoms with Gasteiger partial charge in [-0.25, -0.2) is 0 Å². The summed E-state index contributed by atoms with van der Waals surface area (Å²) in [5, 5.41) is 1.70. The fourth-order valence-electron chi connectivity index (χ4n) is 3.32. The highest BCUT2D eigenvalue weighted by molar-refractivity contribution is 6.16. The first-order valence-electron chi connectivity index (χ1n) is 8.10. The molecule has 0 bridgehead atoms. The monoisotopic (exact) mass is 344 g/mol. The summed E-state index contributed by atoms with van der Waals surface area (Å²) in [5.74, 6) is 0.185. The number of fused-ring (bicyclic) bond motifs is 3. The molecule has 0 saturated heterocycles. The lowest BCUT2D eigenvalue weighted by atomic mass is 9.98. The first-order chi connectivity index (χ1) is 12.6. The summed E-state index contributed by atoms with van der Waals surface area (Å²) in [6.45, 7) is 0. The van der Waals surface area contributed by atoms with Crippen LogP contribution >= 0.6 is 0 Å². The summed E-state index contributed by atoms with van der Waals surface area (Å²) >= 11 is 0. The lowest BCUT2D eigenvalue weighted by Gasteiger charge is -2.10. The number of nitrogens with two attached hydrogens (primary N) is 1. The van der Waals surface area contributed by atoms with Crippen molar-refractivity contribution < 1.29 is 14.3 Å². The minimum Gasteiger partial charge on any atom is -0.496 e. The first kappa shape index (κ1) is 15.9. The zero-order chi connectivity index (χ0) is 18.3. The van der Waals surface area contributed by atoms with Crippen LogP contribution in [0.1, 0.15) is 20.7 Å². The SMILES string of the molecule is COc1ccccc1-c1cc(C(N)=O)c2[nH]c3ccc(C=O)cc3c2c1. The second-order valence-electron chi connectivity index (χ2n) is 6.06. The van der Waals surface area contributed by atoms with Crippen molar-refractivity contribution in [3.05, 3.63) is 65.7 Å². The maximum absolute atomic E-state index is 12.1. The van der Waals surface area contributed by atoms with Gasteiger partial charge in [0.2, 0.25) is 0 Å². The molecule has 0 aliphatic carbocycles. The molecule has 0 aliphatic rings. The summed E-state index contributed by atoms with van der Waals surface area (Å²) in [5.41, 5.74) is 9.78. The largest absolute Gasteiger partial charge is 0.496 e. The normalized spacial score (nSPS) is 11.0. The van der Waals surface area contributed by atoms with Crippen LogP contribution in [0, 0.1) is 0 Å². The number of para-hydroxylation sites is 1. The number of benzene rings is 3. The Morgan fingerprint density at radius 3 is 2.62 bits per heavy atom. The number of H-pyrrole nitrogens is 1. The Hall–Kier alpha value is -3.60. The number of aromatic amines is 1. The zero-order valence-corrected chi connectivity index (χ0v) is 14.1. The molecule has 0 radical (unpaired) electrons. The van der Waals surface area contributed by atoms with Crippen molar-refractivity contribution in [3.8, 4) is 16.9 Å². The maximum Gasteiger partial charge on any atom is 0.250 e. The van der Waals surface area contributed by atoms with E-state index in [0.29, 0.717) is 22.4 Å². The number of aromatic nitrogens is 1. The lowest BCUT2D eigenvalue weighted by molar-refractivity contribution is 0.100. The molecule has 3 aromatic carbocycles. The molecular formula is C21H16N2O3. The van der Waals surface area contributed by atoms with E-state index in [2.05, 4.69) is 4.98 Å². The number of primary amides is 1. The van der Waals surface area contributed by atoms with Gasteiger partial charge in [0, 0.05) is 27.4 Å². The van der Waals surface area contributed by atoms with Gasteiger partial charge in [-0.3, -0.25) is 9.59 Å². The molecule has 5 nitrogen and oxygen atoms in total. The highest BCUT2D eigenvalue weighted by Gasteiger charge is 2.16. The average Bonchev–Trinajstić information content (AvgIpc) is 3.04. The van der Waals surface area contributed by atoms with Gasteiger partial charge in [-0.15, -0.1) is 0 Å². The van der Waals surface area contributed by atoms with E-state index in [4.69, 9.17) is 10.5 Å². The van der Waals surface area contributed by atoms with E-state index in [-0.39, 0.29) is 0 Å². The maximum atomic E-state index is 12.1. The number of carbonyl (C=O) groups is 2. The number of methoxy groups -OCH3 is 1. The molecule has 5 heteroatoms. The van der Waals surface area contributed by atoms with Crippen molar-refractivity contribution in [1.29, 1.82) is 0 Å². The Morgan fingerprint density at radius 1 is 1.08 bits per heavy atom. The van der Waals surface area contributed by atoms with Gasteiger partial charge in [0.1, 0.15) is 12.0 Å². The smallest absolute Gasteiger partial charge is 0.250 e. The molecule has 4 aromatic rings. The van der Waals surface area contributed by atoms with Crippen LogP contribution in [-0.4, -0.2) is 24.3 Å². The number of hydrogen-bond donors (Lipinski definition) is 2. The number of rotatable bonds is 4. The molecule has 1 amide bonds. The van der Waals surface area contributed by atoms with Crippen molar-refractivity contribution in [2.45, 2.75) is 0 Å². The molecule has 0 atom stereocenters. The van der Waals surface area contributed by atoms with Crippen LogP contribution in [0.3, 0.4) is 0 Å². The Morgan fingerprint density at radius 2 is 1.88 bits per heavy atom. The second kappa shape index (κ2) is 6.04. The van der Waals surface area contributed by atoms with E-state index in [1.54, 1.807) is 25.3 Å². The zero-order valence-electron chi connectivity index (χ0n) is 14.1. The minimum absolute atomic E-state index is 0.396. The van der Waals surface area contributed by atoms with Crippen LogP contribution in [-0.2, 0) is 0 Å². The van der Waals surface area contributed by atoms with Crippen molar-refractivity contribution in [2.75, 3.05) is 7.11 Å². The third kappa shape index (κ3) is 2.41. The van der Waals surface area contributed by atoms with Crippen LogP contribution in [0.2, 0.25) is 0 Å². The van der Waals surface area contributed by atoms with E-state index in [9.17, 15) is 9.59 Å². The number of ether oxygens (including phenoxy) is 1. The van der Waals surface area contributed by atoms with Crippen molar-refractivity contribution >= 4 is 34.0 Å². The summed E-state index contributed by atoms with van der Waals surface area (Å²) < 4.78 is 5.45. The molecule has 0 aliphatic heterocycles. The molecular weight excluding hydrogens is 328 g/mol. The van der Waals surface area contributed by atoms with E-state index >= 15 is 0 Å². The molecule has 0 fully saturated rings. The van der Waals surface area contributed by atoms with E-state index in [1.165, 1.54) is 0 Å². The summed E-state index contributed by atoms with van der Waals surface area (Å²) in [6.07, 6.45) is 0.803. The minimum atomic E-state index is -0.520. The molecule has 0 saturated carbocycles. The van der Waals surface area contributed by atoms with Gasteiger partial charge >= 0.3 is 0 Å². The van der Waals surface area contributed by atoms with Crippen LogP contribution in [0.15, 0.2) is 54.6 Å². The number of hydrogen-bond acceptors (Lipinski definition) is 3. The van der Waals surface area contributed by atoms with Gasteiger partial charge in [-0.2, -0.15) is 0 Å². The fourth-order valence-corrected chi connectivity index (χ4v) is 3.32. The predicted octanol–water partition coefficient (Wildman–Crippen LogP) is 3.91. The van der Waals surface area contributed by atoms with Gasteiger partial charge in [-0.05, 0) is 42.0 Å². The standard InChI is InChI=1S/C21H16N2O3/c1-26-19-5-3-2-4-14(19)13-9-16-15-8-12(11-24)6-7-18(15)23-20(16)17(10-13)21(22)25/h2-11,23H,1H3,(H2,22,25). The number of aldehydes is 1. The Labute approximate surface area is 149 Å². The van der Waals surface area contributed by atoms with Crippen LogP contribution in [0.25, 0.3) is 32.9 Å². The van der Waals surface area contributed by atoms with Crippen molar-refractivity contribution in [3.63, 3.8) is 0 Å². The van der Waals surface area contributed by atoms with Gasteiger partial charge < -0.3 is 15.5 Å². The van der Waals surface area contributed by atoms with E-state index in [1.807, 2.05) is 36.4 Å². The summed E-state index contributed by atoms with van der Waals surface area (Å²) in [6, 6.07) is 16.7. The summed E-state index contributed by atoms with van der Waals surface area (Å²) in [4.78, 5) is 26.5. The van der Waals surface area contributed by atoms with E-state index in [0.717, 1.165) is 33.7 Å². The summed E-state index contributed by atoms with van der Waals surface area (Å²) in [7, 11) is 1.61. The molecule has 4 rings (SSSR count). The predicted molar refractivity (Wildman–Crippen MR) is 102 cm³/mol. The molecule has 3 N–H and O–H groups in total. The Bertz CT molecular complexity index is 1170. The Kier molecular flexibility index (Phi) is 3.69. The van der Waals surface area contributed by atoms with Crippen LogP contribution in [0.4, 0.5) is 0 Å². The number of nitrogens with one attached hydrogen (secondary N) is 1. The molecule has 1 heterocycles. The number of carbonyl (C=O) groups excluding carboxylic acids is 2. The highest BCUT2D eigenvalue weighted by Crippen LogP contribution is 2.36. The molecule has 26 heavy (non-hydrogen) atoms. The van der Waals surface area contributed by atoms with E-state index < -0.39 is 5.91 Å². The first-order valence-corrected chi connectivity index (χ1v) is 8.10. The molecule has 0 unspecified atom stereocenters. The molecule has 1 aromatic heterocycles. The molecule has 128 valence electrons. The van der Waals surface area contributed by atoms with Gasteiger partial charge in [0.15, 0.2) is 0 Å². The fraction of sp³-hybridized carbons (Fsp3) is 0.0476. The van der Waals surface area contributed by atoms with Gasteiger partial charge in [0.25, 0.3) is 5.91 Å². The van der Waals surface area contributed by atoms with Gasteiger partial charge in [-0.1, -0.05) is 18.2 Å². The second-order valence-corrected chi connectivity index (χ2v) is 6.06. The van der Waals surface area contributed by atoms with Crippen molar-refractivity contribution in [2.24, 2.45) is 5.73 Å². The van der Waals surface area contributed by atoms with Crippen LogP contribution in [0.5, 0.6) is 5.75 Å². The highest BCUT2D eigenvalue weighted by atomic mass is 16.5.